The Morgan fingerprint density at radius 3 is 2.64 bits per heavy atom. The molecule has 1 atom stereocenters. The van der Waals surface area contributed by atoms with Crippen LogP contribution in [0.1, 0.15) is 27.7 Å². The third-order valence-electron chi connectivity index (χ3n) is 4.65. The Kier molecular flexibility index (Phi) is 4.99. The van der Waals surface area contributed by atoms with Gasteiger partial charge in [0.2, 0.25) is 10.0 Å². The molecule has 0 amide bonds. The van der Waals surface area contributed by atoms with Crippen molar-refractivity contribution in [3.8, 4) is 22.6 Å². The molecule has 146 valence electrons. The van der Waals surface area contributed by atoms with Crippen LogP contribution in [-0.4, -0.2) is 15.5 Å². The summed E-state index contributed by atoms with van der Waals surface area (Å²) in [6, 6.07) is 13.5. The smallest absolute Gasteiger partial charge is 0.213 e. The molecule has 1 aliphatic heterocycles. The highest BCUT2D eigenvalue weighted by molar-refractivity contribution is 9.11. The molecule has 8 heteroatoms. The molecule has 0 fully saturated rings. The van der Waals surface area contributed by atoms with Gasteiger partial charge in [-0.3, -0.25) is 0 Å². The predicted octanol–water partition coefficient (Wildman–Crippen LogP) is 4.76. The number of nitrogens with two attached hydrogens (primary N) is 1. The summed E-state index contributed by atoms with van der Waals surface area (Å²) in [5, 5.41) is 5.25. The van der Waals surface area contributed by atoms with E-state index in [2.05, 4.69) is 15.9 Å². The third-order valence-corrected chi connectivity index (χ3v) is 7.06. The topological polar surface area (TPSA) is 78.6 Å². The van der Waals surface area contributed by atoms with Crippen LogP contribution in [0.4, 0.5) is 0 Å². The van der Waals surface area contributed by atoms with Crippen LogP contribution in [0.25, 0.3) is 11.1 Å². The maximum Gasteiger partial charge on any atom is 0.213 e. The number of methoxy groups -OCH3 is 1. The number of aryl methyl sites for hydroxylation is 1. The molecule has 2 aromatic carbocycles. The van der Waals surface area contributed by atoms with Crippen LogP contribution in [0.2, 0.25) is 0 Å². The Hall–Kier alpha value is -1.87. The highest BCUT2D eigenvalue weighted by Gasteiger charge is 2.31. The van der Waals surface area contributed by atoms with Crippen LogP contribution in [0.15, 0.2) is 46.3 Å². The maximum atomic E-state index is 11.6. The first kappa shape index (κ1) is 19.4. The second-order valence-corrected chi connectivity index (χ2v) is 10.8. The summed E-state index contributed by atoms with van der Waals surface area (Å²) in [7, 11) is -1.99. The van der Waals surface area contributed by atoms with Gasteiger partial charge in [0, 0.05) is 5.56 Å². The van der Waals surface area contributed by atoms with Crippen molar-refractivity contribution in [3.05, 3.63) is 67.8 Å². The van der Waals surface area contributed by atoms with E-state index in [1.807, 2.05) is 43.3 Å². The Bertz CT molecular complexity index is 1170. The lowest BCUT2D eigenvalue weighted by Crippen LogP contribution is -2.18. The molecule has 0 radical (unpaired) electrons. The fourth-order valence-corrected chi connectivity index (χ4v) is 5.65. The van der Waals surface area contributed by atoms with Crippen molar-refractivity contribution in [3.63, 3.8) is 0 Å². The normalized spacial score (nSPS) is 15.5. The standard InChI is InChI=1S/C20H18BrNO4S2/c1-11-3-6-15-18(19(11)25-2)13-5-4-12(10-28(22,23)24)9-14(13)20(26-15)16-7-8-17(21)27-16/h3-9,20H,10H2,1-2H3,(H2,22,23,24). The number of halogens is 1. The molecule has 2 heterocycles. The lowest BCUT2D eigenvalue weighted by Gasteiger charge is -2.30. The van der Waals surface area contributed by atoms with Crippen LogP contribution in [-0.2, 0) is 15.8 Å². The van der Waals surface area contributed by atoms with Crippen LogP contribution >= 0.6 is 27.3 Å². The van der Waals surface area contributed by atoms with E-state index < -0.39 is 10.0 Å². The van der Waals surface area contributed by atoms with Crippen molar-refractivity contribution >= 4 is 37.3 Å². The number of hydrogen-bond donors (Lipinski definition) is 1. The van der Waals surface area contributed by atoms with Crippen molar-refractivity contribution in [1.29, 1.82) is 0 Å². The van der Waals surface area contributed by atoms with E-state index in [9.17, 15) is 8.42 Å². The monoisotopic (exact) mass is 479 g/mol. The molecule has 1 unspecified atom stereocenters. The van der Waals surface area contributed by atoms with E-state index in [1.165, 1.54) is 0 Å². The molecule has 0 spiro atoms. The zero-order valence-corrected chi connectivity index (χ0v) is 18.4. The average molecular weight is 480 g/mol. The van der Waals surface area contributed by atoms with Crippen LogP contribution in [0.5, 0.6) is 11.5 Å². The second kappa shape index (κ2) is 7.18. The summed E-state index contributed by atoms with van der Waals surface area (Å²) in [4.78, 5) is 1.02. The molecular weight excluding hydrogens is 462 g/mol. The highest BCUT2D eigenvalue weighted by Crippen LogP contribution is 2.51. The Labute approximate surface area is 176 Å². The number of sulfonamides is 1. The number of fused-ring (bicyclic) bond motifs is 3. The summed E-state index contributed by atoms with van der Waals surface area (Å²) < 4.78 is 36.2. The third kappa shape index (κ3) is 3.57. The Morgan fingerprint density at radius 1 is 1.21 bits per heavy atom. The maximum absolute atomic E-state index is 11.6. The second-order valence-electron chi connectivity index (χ2n) is 6.66. The Morgan fingerprint density at radius 2 is 2.00 bits per heavy atom. The van der Waals surface area contributed by atoms with Gasteiger partial charge in [-0.15, -0.1) is 11.3 Å². The Balaban J connectivity index is 1.95. The minimum Gasteiger partial charge on any atom is -0.496 e. The lowest BCUT2D eigenvalue weighted by atomic mass is 9.89. The highest BCUT2D eigenvalue weighted by atomic mass is 79.9. The van der Waals surface area contributed by atoms with Crippen molar-refractivity contribution in [1.82, 2.24) is 0 Å². The molecule has 4 rings (SSSR count). The molecule has 1 aromatic heterocycles. The lowest BCUT2D eigenvalue weighted by molar-refractivity contribution is 0.245. The summed E-state index contributed by atoms with van der Waals surface area (Å²) >= 11 is 5.09. The largest absolute Gasteiger partial charge is 0.496 e. The number of primary sulfonamides is 1. The van der Waals surface area contributed by atoms with Crippen molar-refractivity contribution in [2.24, 2.45) is 5.14 Å². The van der Waals surface area contributed by atoms with E-state index in [0.717, 1.165) is 42.4 Å². The average Bonchev–Trinajstić information content (AvgIpc) is 3.05. The molecule has 28 heavy (non-hydrogen) atoms. The quantitative estimate of drug-likeness (QED) is 0.584. The van der Waals surface area contributed by atoms with Gasteiger partial charge in [-0.2, -0.15) is 0 Å². The van der Waals surface area contributed by atoms with E-state index in [-0.39, 0.29) is 11.9 Å². The van der Waals surface area contributed by atoms with Gasteiger partial charge < -0.3 is 9.47 Å². The van der Waals surface area contributed by atoms with Gasteiger partial charge in [-0.25, -0.2) is 13.6 Å². The summed E-state index contributed by atoms with van der Waals surface area (Å²) in [6.07, 6.45) is -0.341. The fourth-order valence-electron chi connectivity index (χ4n) is 3.53. The first-order valence-electron chi connectivity index (χ1n) is 8.50. The molecule has 2 N–H and O–H groups in total. The first-order valence-corrected chi connectivity index (χ1v) is 11.8. The predicted molar refractivity (Wildman–Crippen MR) is 114 cm³/mol. The zero-order chi connectivity index (χ0) is 20.1. The molecule has 0 saturated carbocycles. The molecule has 3 aromatic rings. The van der Waals surface area contributed by atoms with Gasteiger partial charge in [0.05, 0.1) is 27.1 Å². The van der Waals surface area contributed by atoms with Gasteiger partial charge in [0.15, 0.2) is 6.10 Å². The van der Waals surface area contributed by atoms with Crippen LogP contribution in [0.3, 0.4) is 0 Å². The molecular formula is C20H18BrNO4S2. The van der Waals surface area contributed by atoms with E-state index in [1.54, 1.807) is 24.5 Å². The van der Waals surface area contributed by atoms with Crippen molar-refractivity contribution in [2.75, 3.05) is 7.11 Å². The summed E-state index contributed by atoms with van der Waals surface area (Å²) in [6.45, 7) is 1.98. The van der Waals surface area contributed by atoms with E-state index in [0.29, 0.717) is 5.56 Å². The zero-order valence-electron chi connectivity index (χ0n) is 15.2. The minimum absolute atomic E-state index is 0.223. The number of ether oxygens (including phenoxy) is 2. The summed E-state index contributed by atoms with van der Waals surface area (Å²) in [5.74, 6) is 1.27. The number of rotatable bonds is 4. The molecule has 5 nitrogen and oxygen atoms in total. The van der Waals surface area contributed by atoms with E-state index >= 15 is 0 Å². The van der Waals surface area contributed by atoms with Crippen LogP contribution in [0, 0.1) is 6.92 Å². The number of hydrogen-bond acceptors (Lipinski definition) is 5. The van der Waals surface area contributed by atoms with Gasteiger partial charge in [0.25, 0.3) is 0 Å². The molecule has 1 aliphatic rings. The van der Waals surface area contributed by atoms with Crippen molar-refractivity contribution in [2.45, 2.75) is 18.8 Å². The first-order chi connectivity index (χ1) is 13.3. The minimum atomic E-state index is -3.63. The molecule has 0 saturated heterocycles. The van der Waals surface area contributed by atoms with Gasteiger partial charge in [0.1, 0.15) is 11.5 Å². The molecule has 0 bridgehead atoms. The van der Waals surface area contributed by atoms with Crippen molar-refractivity contribution < 1.29 is 17.9 Å². The summed E-state index contributed by atoms with van der Waals surface area (Å²) in [5.41, 5.74) is 4.37. The van der Waals surface area contributed by atoms with Gasteiger partial charge >= 0.3 is 0 Å². The van der Waals surface area contributed by atoms with E-state index in [4.69, 9.17) is 14.6 Å². The van der Waals surface area contributed by atoms with Gasteiger partial charge in [-0.1, -0.05) is 24.3 Å². The SMILES string of the molecule is COc1c(C)ccc2c1-c1ccc(CS(N)(=O)=O)cc1C(c1ccc(Br)s1)O2. The number of benzene rings is 2. The van der Waals surface area contributed by atoms with Crippen LogP contribution < -0.4 is 14.6 Å². The molecule has 0 aliphatic carbocycles. The van der Waals surface area contributed by atoms with Gasteiger partial charge in [-0.05, 0) is 57.7 Å². The fraction of sp³-hybridized carbons (Fsp3) is 0.200. The number of thiophene rings is 1.